The van der Waals surface area contributed by atoms with Crippen molar-refractivity contribution >= 4 is 21.5 Å². The summed E-state index contributed by atoms with van der Waals surface area (Å²) in [5, 5.41) is 12.3. The molecule has 4 heteroatoms. The maximum atomic E-state index is 6.47. The lowest BCUT2D eigenvalue weighted by Gasteiger charge is -2.21. The van der Waals surface area contributed by atoms with Gasteiger partial charge in [-0.3, -0.25) is 0 Å². The predicted octanol–water partition coefficient (Wildman–Crippen LogP) is 6.73. The molecule has 2 N–H and O–H groups in total. The Bertz CT molecular complexity index is 1540. The zero-order valence-corrected chi connectivity index (χ0v) is 21.2. The van der Waals surface area contributed by atoms with Crippen LogP contribution in [-0.2, 0) is 26.3 Å². The minimum Gasteiger partial charge on any atom is -0.489 e. The van der Waals surface area contributed by atoms with Gasteiger partial charge in [0.1, 0.15) is 24.7 Å². The minimum absolute atomic E-state index is 0.278. The van der Waals surface area contributed by atoms with Crippen LogP contribution in [0.4, 0.5) is 0 Å². The topological polar surface area (TPSA) is 42.5 Å². The largest absolute Gasteiger partial charge is 0.489 e. The molecule has 0 saturated heterocycles. The Hall–Kier alpha value is -3.86. The van der Waals surface area contributed by atoms with Crippen molar-refractivity contribution in [3.8, 4) is 11.5 Å². The summed E-state index contributed by atoms with van der Waals surface area (Å²) in [4.78, 5) is 0. The molecule has 0 spiro atoms. The number of rotatable bonds is 0. The van der Waals surface area contributed by atoms with Crippen LogP contribution in [0.5, 0.6) is 11.5 Å². The summed E-state index contributed by atoms with van der Waals surface area (Å²) in [6.07, 6.45) is 0. The van der Waals surface area contributed by atoms with Crippen LogP contribution in [0.25, 0.3) is 21.5 Å². The number of hydrogen-bond donors (Lipinski definition) is 2. The fourth-order valence-corrected chi connectivity index (χ4v) is 5.18. The van der Waals surface area contributed by atoms with E-state index in [2.05, 4.69) is 115 Å². The first-order chi connectivity index (χ1) is 18.3. The van der Waals surface area contributed by atoms with Crippen LogP contribution in [0.3, 0.4) is 0 Å². The normalized spacial score (nSPS) is 16.7. The van der Waals surface area contributed by atoms with Gasteiger partial charge in [-0.25, -0.2) is 0 Å². The summed E-state index contributed by atoms with van der Waals surface area (Å²) >= 11 is 0. The maximum Gasteiger partial charge on any atom is 0.124 e. The molecule has 4 nitrogen and oxygen atoms in total. The molecule has 6 rings (SSSR count). The van der Waals surface area contributed by atoms with Crippen LogP contribution in [-0.4, -0.2) is 12.6 Å². The summed E-state index contributed by atoms with van der Waals surface area (Å²) in [7, 11) is 0. The van der Waals surface area contributed by atoms with Crippen LogP contribution in [0.1, 0.15) is 29.2 Å². The van der Waals surface area contributed by atoms with E-state index >= 15 is 0 Å². The van der Waals surface area contributed by atoms with E-state index in [0.717, 1.165) is 42.3 Å². The summed E-state index contributed by atoms with van der Waals surface area (Å²) in [6, 6.07) is 34.2. The van der Waals surface area contributed by atoms with Crippen LogP contribution >= 0.6 is 0 Å². The van der Waals surface area contributed by atoms with Gasteiger partial charge in [0, 0.05) is 36.8 Å². The van der Waals surface area contributed by atoms with Gasteiger partial charge in [-0.1, -0.05) is 84.9 Å². The van der Waals surface area contributed by atoms with Gasteiger partial charge in [-0.2, -0.15) is 0 Å². The molecule has 37 heavy (non-hydrogen) atoms. The number of nitrogens with one attached hydrogen (secondary N) is 2. The summed E-state index contributed by atoms with van der Waals surface area (Å²) < 4.78 is 12.9. The highest BCUT2D eigenvalue weighted by Gasteiger charge is 2.15. The Kier molecular flexibility index (Phi) is 6.76. The zero-order chi connectivity index (χ0) is 25.0. The van der Waals surface area contributed by atoms with E-state index in [1.54, 1.807) is 0 Å². The van der Waals surface area contributed by atoms with Gasteiger partial charge >= 0.3 is 0 Å². The van der Waals surface area contributed by atoms with Gasteiger partial charge in [0.25, 0.3) is 0 Å². The Morgan fingerprint density at radius 2 is 1.11 bits per heavy atom. The van der Waals surface area contributed by atoms with Crippen molar-refractivity contribution in [1.29, 1.82) is 0 Å². The lowest BCUT2D eigenvalue weighted by Crippen LogP contribution is -2.36. The molecule has 0 fully saturated rings. The third-order valence-electron chi connectivity index (χ3n) is 7.26. The van der Waals surface area contributed by atoms with Crippen LogP contribution < -0.4 is 20.1 Å². The molecule has 0 aliphatic carbocycles. The van der Waals surface area contributed by atoms with E-state index in [0.29, 0.717) is 13.2 Å². The van der Waals surface area contributed by atoms with Crippen molar-refractivity contribution in [3.63, 3.8) is 0 Å². The highest BCUT2D eigenvalue weighted by Crippen LogP contribution is 2.31. The highest BCUT2D eigenvalue weighted by molar-refractivity contribution is 5.88. The van der Waals surface area contributed by atoms with Gasteiger partial charge < -0.3 is 20.1 Å². The van der Waals surface area contributed by atoms with E-state index in [4.69, 9.17) is 9.47 Å². The first-order valence-corrected chi connectivity index (χ1v) is 13.0. The van der Waals surface area contributed by atoms with Gasteiger partial charge in [0.15, 0.2) is 0 Å². The van der Waals surface area contributed by atoms with Crippen LogP contribution in [0.2, 0.25) is 0 Å². The average molecular weight is 489 g/mol. The van der Waals surface area contributed by atoms with Crippen molar-refractivity contribution in [2.24, 2.45) is 0 Å². The van der Waals surface area contributed by atoms with Crippen molar-refractivity contribution < 1.29 is 9.47 Å². The second-order valence-corrected chi connectivity index (χ2v) is 9.79. The Morgan fingerprint density at radius 1 is 0.595 bits per heavy atom. The van der Waals surface area contributed by atoms with Gasteiger partial charge in [0.05, 0.1) is 0 Å². The molecule has 1 aliphatic rings. The average Bonchev–Trinajstić information content (AvgIpc) is 2.94. The molecular weight excluding hydrogens is 456 g/mol. The smallest absolute Gasteiger partial charge is 0.124 e. The SMILES string of the molecule is CC1CNCc2c(ccc3ccccc23)OCc2ccccc2COc2ccc3ccccc3c2CN1. The summed E-state index contributed by atoms with van der Waals surface area (Å²) in [5.41, 5.74) is 4.66. The molecular formula is C33H32N2O2. The second-order valence-electron chi connectivity index (χ2n) is 9.79. The Morgan fingerprint density at radius 3 is 1.70 bits per heavy atom. The third kappa shape index (κ3) is 5.04. The van der Waals surface area contributed by atoms with E-state index in [1.165, 1.54) is 32.7 Å². The first kappa shape index (κ1) is 23.5. The van der Waals surface area contributed by atoms with E-state index in [9.17, 15) is 0 Å². The number of hydrogen-bond acceptors (Lipinski definition) is 4. The Labute approximate surface area is 218 Å². The van der Waals surface area contributed by atoms with Gasteiger partial charge in [0.2, 0.25) is 0 Å². The van der Waals surface area contributed by atoms with E-state index < -0.39 is 0 Å². The fraction of sp³-hybridized carbons (Fsp3) is 0.212. The molecule has 0 saturated carbocycles. The van der Waals surface area contributed by atoms with Crippen molar-refractivity contribution in [3.05, 3.63) is 119 Å². The first-order valence-electron chi connectivity index (χ1n) is 13.0. The monoisotopic (exact) mass is 488 g/mol. The predicted molar refractivity (Wildman–Crippen MR) is 151 cm³/mol. The quantitative estimate of drug-likeness (QED) is 0.254. The Balaban J connectivity index is 1.37. The number of benzene rings is 5. The van der Waals surface area contributed by atoms with Gasteiger partial charge in [-0.05, 0) is 51.7 Å². The lowest BCUT2D eigenvalue weighted by atomic mass is 10.0. The van der Waals surface area contributed by atoms with Gasteiger partial charge in [-0.15, -0.1) is 0 Å². The molecule has 1 aliphatic heterocycles. The molecule has 0 bridgehead atoms. The van der Waals surface area contributed by atoms with E-state index in [-0.39, 0.29) is 6.04 Å². The van der Waals surface area contributed by atoms with Crippen LogP contribution in [0.15, 0.2) is 97.1 Å². The minimum atomic E-state index is 0.278. The molecule has 1 unspecified atom stereocenters. The van der Waals surface area contributed by atoms with Crippen molar-refractivity contribution in [1.82, 2.24) is 10.6 Å². The third-order valence-corrected chi connectivity index (χ3v) is 7.26. The standard InChI is InChI=1S/C33H32N2O2/c1-23-18-34-19-30-28-12-6-4-8-24(28)14-16-32(30)36-21-26-10-2-3-11-27(26)22-37-33-17-15-25-9-5-7-13-29(25)31(33)20-35-23/h2-17,23,34-35H,18-22H2,1H3. The molecule has 186 valence electrons. The molecule has 5 aromatic rings. The molecule has 0 amide bonds. The number of fused-ring (bicyclic) bond motifs is 7. The molecule has 1 heterocycles. The van der Waals surface area contributed by atoms with Crippen molar-refractivity contribution in [2.75, 3.05) is 6.54 Å². The fourth-order valence-electron chi connectivity index (χ4n) is 5.18. The lowest BCUT2D eigenvalue weighted by molar-refractivity contribution is 0.281. The molecule has 5 aromatic carbocycles. The molecule has 0 aromatic heterocycles. The van der Waals surface area contributed by atoms with Crippen molar-refractivity contribution in [2.45, 2.75) is 39.3 Å². The second kappa shape index (κ2) is 10.6. The summed E-state index contributed by atoms with van der Waals surface area (Å²) in [6.45, 7) is 5.53. The number of ether oxygens (including phenoxy) is 2. The van der Waals surface area contributed by atoms with Crippen LogP contribution in [0, 0.1) is 0 Å². The zero-order valence-electron chi connectivity index (χ0n) is 21.2. The van der Waals surface area contributed by atoms with E-state index in [1.807, 2.05) is 0 Å². The molecule has 1 atom stereocenters. The maximum absolute atomic E-state index is 6.47. The highest BCUT2D eigenvalue weighted by atomic mass is 16.5. The molecule has 0 radical (unpaired) electrons. The summed E-state index contributed by atoms with van der Waals surface area (Å²) in [5.74, 6) is 1.84.